The third-order valence-corrected chi connectivity index (χ3v) is 5.04. The Labute approximate surface area is 191 Å². The molecule has 4 rings (SSSR count). The van der Waals surface area contributed by atoms with Crippen molar-refractivity contribution >= 4 is 13.6 Å². The van der Waals surface area contributed by atoms with Crippen LogP contribution >= 0.6 is 7.82 Å². The zero-order chi connectivity index (χ0) is 24.3. The van der Waals surface area contributed by atoms with Gasteiger partial charge in [0.25, 0.3) is 5.82 Å². The molecule has 0 atom stereocenters. The first-order chi connectivity index (χ1) is 16.2. The van der Waals surface area contributed by atoms with Gasteiger partial charge in [0.2, 0.25) is 18.6 Å². The first-order valence-electron chi connectivity index (χ1n) is 9.71. The van der Waals surface area contributed by atoms with Crippen molar-refractivity contribution in [2.45, 2.75) is 13.2 Å². The Kier molecular flexibility index (Phi) is 6.66. The Balaban J connectivity index is 1.48. The molecule has 176 valence electrons. The maximum absolute atomic E-state index is 14.5. The Morgan fingerprint density at radius 2 is 1.94 bits per heavy atom. The Hall–Kier alpha value is -3.70. The Bertz CT molecular complexity index is 1380. The van der Waals surface area contributed by atoms with Gasteiger partial charge in [0, 0.05) is 18.6 Å². The third-order valence-electron chi connectivity index (χ3n) is 4.59. The highest BCUT2D eigenvalue weighted by molar-refractivity contribution is 7.46. The fourth-order valence-corrected chi connectivity index (χ4v) is 3.32. The number of hydrogen-bond acceptors (Lipinski definition) is 7. The minimum Gasteiger partial charge on any atom is -0.436 e. The summed E-state index contributed by atoms with van der Waals surface area (Å²) in [5.41, 5.74) is 7.54. The van der Waals surface area contributed by atoms with Gasteiger partial charge in [0.15, 0.2) is 17.3 Å². The SMILES string of the molecule is Nc1c(-c2cc(Cc3ccc(Oc4cccc(F)n4)c(F)c3)no2)ccc[n+]1COP(=O)(O)O. The summed E-state index contributed by atoms with van der Waals surface area (Å²) < 4.78 is 55.0. The molecule has 34 heavy (non-hydrogen) atoms. The monoisotopic (exact) mass is 491 g/mol. The topological polar surface area (TPSA) is 145 Å². The van der Waals surface area contributed by atoms with Gasteiger partial charge in [-0.15, -0.1) is 0 Å². The normalized spacial score (nSPS) is 11.5. The van der Waals surface area contributed by atoms with E-state index in [1.54, 1.807) is 24.3 Å². The van der Waals surface area contributed by atoms with E-state index in [1.807, 2.05) is 0 Å². The number of nitrogen functional groups attached to an aromatic ring is 1. The van der Waals surface area contributed by atoms with E-state index < -0.39 is 26.3 Å². The summed E-state index contributed by atoms with van der Waals surface area (Å²) in [6, 6.07) is 13.1. The highest BCUT2D eigenvalue weighted by Crippen LogP contribution is 2.35. The van der Waals surface area contributed by atoms with Crippen molar-refractivity contribution in [2.24, 2.45) is 0 Å². The molecular weight excluding hydrogens is 473 g/mol. The summed E-state index contributed by atoms with van der Waals surface area (Å²) in [4.78, 5) is 21.3. The van der Waals surface area contributed by atoms with Crippen molar-refractivity contribution in [1.82, 2.24) is 10.1 Å². The fourth-order valence-electron chi connectivity index (χ4n) is 3.05. The Morgan fingerprint density at radius 1 is 1.12 bits per heavy atom. The van der Waals surface area contributed by atoms with Crippen molar-refractivity contribution in [3.05, 3.63) is 83.8 Å². The second-order valence-corrected chi connectivity index (χ2v) is 8.29. The predicted molar refractivity (Wildman–Crippen MR) is 113 cm³/mol. The lowest BCUT2D eigenvalue weighted by atomic mass is 10.1. The fraction of sp³-hybridized carbons (Fsp3) is 0.0952. The first kappa shape index (κ1) is 23.5. The number of benzene rings is 1. The van der Waals surface area contributed by atoms with Gasteiger partial charge in [0.05, 0.1) is 11.9 Å². The van der Waals surface area contributed by atoms with Gasteiger partial charge in [-0.05, 0) is 35.9 Å². The standard InChI is InChI=1S/C21H17F2N4O6P/c22-16-10-13(6-7-17(16)32-20-5-1-4-19(23)25-20)9-14-11-18(33-26-14)15-3-2-8-27(21(15)24)12-31-34(28,29)30/h1-8,10-11,24H,9,12H2,(H2,28,29,30)/p+1. The minimum absolute atomic E-state index is 0.0725. The number of nitrogens with zero attached hydrogens (tertiary/aromatic N) is 3. The van der Waals surface area contributed by atoms with Gasteiger partial charge in [-0.2, -0.15) is 9.37 Å². The van der Waals surface area contributed by atoms with E-state index in [1.165, 1.54) is 35.0 Å². The molecule has 0 aliphatic heterocycles. The third kappa shape index (κ3) is 5.80. The smallest absolute Gasteiger partial charge is 0.436 e. The van der Waals surface area contributed by atoms with Crippen molar-refractivity contribution in [2.75, 3.05) is 5.73 Å². The van der Waals surface area contributed by atoms with Crippen molar-refractivity contribution in [3.63, 3.8) is 0 Å². The maximum Gasteiger partial charge on any atom is 0.472 e. The number of phosphoric ester groups is 1. The number of aromatic nitrogens is 3. The number of hydrogen-bond donors (Lipinski definition) is 3. The van der Waals surface area contributed by atoms with Gasteiger partial charge in [-0.1, -0.05) is 17.3 Å². The molecule has 0 spiro atoms. The van der Waals surface area contributed by atoms with Crippen LogP contribution in [0.2, 0.25) is 0 Å². The molecule has 0 amide bonds. The minimum atomic E-state index is -4.67. The molecule has 0 bridgehead atoms. The molecule has 4 N–H and O–H groups in total. The molecule has 3 heterocycles. The average Bonchev–Trinajstić information content (AvgIpc) is 3.22. The van der Waals surface area contributed by atoms with Crippen LogP contribution < -0.4 is 15.0 Å². The van der Waals surface area contributed by atoms with Crippen LogP contribution in [-0.4, -0.2) is 19.9 Å². The molecule has 0 saturated carbocycles. The van der Waals surface area contributed by atoms with E-state index in [2.05, 4.69) is 14.7 Å². The lowest BCUT2D eigenvalue weighted by molar-refractivity contribution is -0.711. The molecule has 13 heteroatoms. The summed E-state index contributed by atoms with van der Waals surface area (Å²) in [5, 5.41) is 3.97. The molecule has 4 aromatic rings. The number of halogens is 2. The van der Waals surface area contributed by atoms with E-state index in [0.29, 0.717) is 22.6 Å². The molecule has 1 aromatic carbocycles. The molecule has 0 unspecified atom stereocenters. The van der Waals surface area contributed by atoms with Crippen LogP contribution in [0, 0.1) is 11.8 Å². The maximum atomic E-state index is 14.5. The molecule has 3 aromatic heterocycles. The van der Waals surface area contributed by atoms with E-state index in [9.17, 15) is 13.3 Å². The first-order valence-corrected chi connectivity index (χ1v) is 11.2. The van der Waals surface area contributed by atoms with Crippen LogP contribution in [0.3, 0.4) is 0 Å². The zero-order valence-electron chi connectivity index (χ0n) is 17.3. The zero-order valence-corrected chi connectivity index (χ0v) is 18.2. The second-order valence-electron chi connectivity index (χ2n) is 7.05. The van der Waals surface area contributed by atoms with Crippen LogP contribution in [0.4, 0.5) is 14.6 Å². The summed E-state index contributed by atoms with van der Waals surface area (Å²) in [6.07, 6.45) is 1.71. The van der Waals surface area contributed by atoms with Crippen LogP contribution in [0.1, 0.15) is 11.3 Å². The summed E-state index contributed by atoms with van der Waals surface area (Å²) >= 11 is 0. The molecule has 0 fully saturated rings. The van der Waals surface area contributed by atoms with Gasteiger partial charge in [-0.25, -0.2) is 18.0 Å². The molecule has 10 nitrogen and oxygen atoms in total. The predicted octanol–water partition coefficient (Wildman–Crippen LogP) is 3.33. The number of phosphoric acid groups is 1. The van der Waals surface area contributed by atoms with Crippen LogP contribution in [0.25, 0.3) is 11.3 Å². The quantitative estimate of drug-likeness (QED) is 0.192. The number of ether oxygens (including phenoxy) is 1. The summed E-state index contributed by atoms with van der Waals surface area (Å²) in [7, 11) is -4.67. The van der Waals surface area contributed by atoms with Crippen LogP contribution in [-0.2, 0) is 22.2 Å². The molecular formula is C21H18F2N4O6P+. The van der Waals surface area contributed by atoms with Gasteiger partial charge in [0.1, 0.15) is 5.56 Å². The van der Waals surface area contributed by atoms with E-state index in [-0.39, 0.29) is 23.9 Å². The summed E-state index contributed by atoms with van der Waals surface area (Å²) in [5.74, 6) is -1.15. The van der Waals surface area contributed by atoms with E-state index in [4.69, 9.17) is 24.8 Å². The van der Waals surface area contributed by atoms with Gasteiger partial charge in [-0.3, -0.25) is 5.73 Å². The molecule has 0 saturated heterocycles. The summed E-state index contributed by atoms with van der Waals surface area (Å²) in [6.45, 7) is -0.468. The molecule has 0 aliphatic carbocycles. The van der Waals surface area contributed by atoms with Gasteiger partial charge < -0.3 is 19.0 Å². The van der Waals surface area contributed by atoms with E-state index in [0.717, 1.165) is 6.07 Å². The lowest BCUT2D eigenvalue weighted by Gasteiger charge is -2.07. The van der Waals surface area contributed by atoms with Crippen molar-refractivity contribution < 1.29 is 41.5 Å². The van der Waals surface area contributed by atoms with Crippen LogP contribution in [0.15, 0.2) is 65.3 Å². The van der Waals surface area contributed by atoms with Gasteiger partial charge >= 0.3 is 7.82 Å². The number of rotatable bonds is 8. The Morgan fingerprint density at radius 3 is 2.68 bits per heavy atom. The largest absolute Gasteiger partial charge is 0.472 e. The highest BCUT2D eigenvalue weighted by atomic mass is 31.2. The van der Waals surface area contributed by atoms with Crippen LogP contribution in [0.5, 0.6) is 11.6 Å². The number of pyridine rings is 2. The second kappa shape index (κ2) is 9.65. The molecule has 0 aliphatic rings. The van der Waals surface area contributed by atoms with Crippen molar-refractivity contribution in [3.8, 4) is 23.0 Å². The van der Waals surface area contributed by atoms with E-state index >= 15 is 0 Å². The lowest BCUT2D eigenvalue weighted by Crippen LogP contribution is -2.38. The number of nitrogens with two attached hydrogens (primary N) is 1. The van der Waals surface area contributed by atoms with Crippen molar-refractivity contribution in [1.29, 1.82) is 0 Å². The average molecular weight is 491 g/mol. The highest BCUT2D eigenvalue weighted by Gasteiger charge is 2.21. The molecule has 0 radical (unpaired) electrons. The number of anilines is 1.